The van der Waals surface area contributed by atoms with Crippen molar-refractivity contribution in [3.05, 3.63) is 36.5 Å². The van der Waals surface area contributed by atoms with E-state index in [0.717, 1.165) is 38.4 Å². The number of nitrogens with one attached hydrogen (secondary N) is 1. The molecule has 0 fully saturated rings. The molecular weight excluding hydrogens is 238 g/mol. The molecule has 106 valence electrons. The molecule has 0 saturated heterocycles. The van der Waals surface area contributed by atoms with E-state index in [1.807, 2.05) is 12.3 Å². The van der Waals surface area contributed by atoms with Gasteiger partial charge in [0.1, 0.15) is 5.82 Å². The number of hydrogen-bond donors (Lipinski definition) is 1. The molecule has 1 N–H and O–H groups in total. The standard InChI is InChI=1S/C15H25N3O/c1-4-7-16-13-14-6-8-17-15(12-14)18(9-5-2)10-11-19-3/h5-6,8,12,16H,2,4,7,9-11,13H2,1,3H3. The second-order valence-electron chi connectivity index (χ2n) is 4.43. The third-order valence-electron chi connectivity index (χ3n) is 2.80. The highest BCUT2D eigenvalue weighted by atomic mass is 16.5. The van der Waals surface area contributed by atoms with Crippen molar-refractivity contribution >= 4 is 5.82 Å². The minimum atomic E-state index is 0.688. The molecule has 4 nitrogen and oxygen atoms in total. The molecule has 0 aliphatic heterocycles. The Labute approximate surface area is 116 Å². The Balaban J connectivity index is 2.67. The molecule has 0 unspecified atom stereocenters. The summed E-state index contributed by atoms with van der Waals surface area (Å²) >= 11 is 0. The summed E-state index contributed by atoms with van der Waals surface area (Å²) in [6.45, 7) is 10.2. The van der Waals surface area contributed by atoms with Gasteiger partial charge in [0.25, 0.3) is 0 Å². The number of aromatic nitrogens is 1. The second-order valence-corrected chi connectivity index (χ2v) is 4.43. The van der Waals surface area contributed by atoms with Crippen molar-refractivity contribution in [1.29, 1.82) is 0 Å². The molecule has 1 aromatic heterocycles. The summed E-state index contributed by atoms with van der Waals surface area (Å²) in [7, 11) is 1.71. The van der Waals surface area contributed by atoms with Crippen LogP contribution < -0.4 is 10.2 Å². The van der Waals surface area contributed by atoms with Crippen LogP contribution in [-0.4, -0.2) is 38.3 Å². The van der Waals surface area contributed by atoms with E-state index < -0.39 is 0 Å². The van der Waals surface area contributed by atoms with Crippen LogP contribution in [0.3, 0.4) is 0 Å². The van der Waals surface area contributed by atoms with E-state index in [2.05, 4.69) is 40.8 Å². The molecule has 0 bridgehead atoms. The van der Waals surface area contributed by atoms with Gasteiger partial charge in [0.2, 0.25) is 0 Å². The van der Waals surface area contributed by atoms with Gasteiger partial charge in [0.15, 0.2) is 0 Å². The molecule has 1 heterocycles. The van der Waals surface area contributed by atoms with Crippen LogP contribution in [0.5, 0.6) is 0 Å². The lowest BCUT2D eigenvalue weighted by Crippen LogP contribution is -2.28. The summed E-state index contributed by atoms with van der Waals surface area (Å²) in [4.78, 5) is 6.60. The first-order chi connectivity index (χ1) is 9.31. The summed E-state index contributed by atoms with van der Waals surface area (Å²) in [6.07, 6.45) is 4.90. The number of nitrogens with zero attached hydrogens (tertiary/aromatic N) is 2. The van der Waals surface area contributed by atoms with Gasteiger partial charge in [-0.15, -0.1) is 6.58 Å². The Morgan fingerprint density at radius 2 is 2.37 bits per heavy atom. The quantitative estimate of drug-likeness (QED) is 0.519. The summed E-state index contributed by atoms with van der Waals surface area (Å²) in [6, 6.07) is 4.18. The van der Waals surface area contributed by atoms with E-state index in [4.69, 9.17) is 4.74 Å². The molecule has 4 heteroatoms. The van der Waals surface area contributed by atoms with Crippen molar-refractivity contribution in [2.45, 2.75) is 19.9 Å². The average molecular weight is 263 g/mol. The maximum atomic E-state index is 5.13. The van der Waals surface area contributed by atoms with Gasteiger partial charge in [-0.1, -0.05) is 13.0 Å². The first kappa shape index (κ1) is 15.7. The Kier molecular flexibility index (Phi) is 7.86. The summed E-state index contributed by atoms with van der Waals surface area (Å²) in [5, 5.41) is 3.40. The molecule has 19 heavy (non-hydrogen) atoms. The van der Waals surface area contributed by atoms with Crippen LogP contribution in [0.15, 0.2) is 31.0 Å². The lowest BCUT2D eigenvalue weighted by molar-refractivity contribution is 0.205. The number of rotatable bonds is 10. The van der Waals surface area contributed by atoms with Crippen LogP contribution in [0.2, 0.25) is 0 Å². The van der Waals surface area contributed by atoms with Crippen LogP contribution in [0, 0.1) is 0 Å². The third kappa shape index (κ3) is 5.85. The van der Waals surface area contributed by atoms with Gasteiger partial charge < -0.3 is 15.0 Å². The van der Waals surface area contributed by atoms with E-state index in [9.17, 15) is 0 Å². The lowest BCUT2D eigenvalue weighted by Gasteiger charge is -2.22. The van der Waals surface area contributed by atoms with Crippen molar-refractivity contribution in [3.63, 3.8) is 0 Å². The first-order valence-electron chi connectivity index (χ1n) is 6.82. The van der Waals surface area contributed by atoms with Crippen LogP contribution in [0.25, 0.3) is 0 Å². The van der Waals surface area contributed by atoms with Crippen molar-refractivity contribution in [2.75, 3.05) is 38.3 Å². The number of methoxy groups -OCH3 is 1. The number of hydrogen-bond acceptors (Lipinski definition) is 4. The smallest absolute Gasteiger partial charge is 0.129 e. The minimum absolute atomic E-state index is 0.688. The van der Waals surface area contributed by atoms with E-state index in [1.54, 1.807) is 7.11 Å². The van der Waals surface area contributed by atoms with Gasteiger partial charge in [-0.25, -0.2) is 4.98 Å². The number of anilines is 1. The Morgan fingerprint density at radius 1 is 1.53 bits per heavy atom. The highest BCUT2D eigenvalue weighted by molar-refractivity contribution is 5.41. The Morgan fingerprint density at radius 3 is 3.05 bits per heavy atom. The highest BCUT2D eigenvalue weighted by Gasteiger charge is 2.06. The Hall–Kier alpha value is -1.39. The zero-order valence-electron chi connectivity index (χ0n) is 12.1. The van der Waals surface area contributed by atoms with Crippen molar-refractivity contribution < 1.29 is 4.74 Å². The molecule has 0 amide bonds. The average Bonchev–Trinajstić information content (AvgIpc) is 2.44. The van der Waals surface area contributed by atoms with Crippen molar-refractivity contribution in [3.8, 4) is 0 Å². The predicted molar refractivity (Wildman–Crippen MR) is 80.5 cm³/mol. The second kappa shape index (κ2) is 9.53. The largest absolute Gasteiger partial charge is 0.383 e. The summed E-state index contributed by atoms with van der Waals surface area (Å²) in [5.41, 5.74) is 1.25. The topological polar surface area (TPSA) is 37.4 Å². The van der Waals surface area contributed by atoms with Crippen LogP contribution >= 0.6 is 0 Å². The van der Waals surface area contributed by atoms with Gasteiger partial charge >= 0.3 is 0 Å². The van der Waals surface area contributed by atoms with E-state index in [1.165, 1.54) is 5.56 Å². The fourth-order valence-corrected chi connectivity index (χ4v) is 1.81. The van der Waals surface area contributed by atoms with Gasteiger partial charge in [0, 0.05) is 32.9 Å². The molecule has 0 saturated carbocycles. The zero-order valence-corrected chi connectivity index (χ0v) is 12.1. The van der Waals surface area contributed by atoms with Gasteiger partial charge in [-0.05, 0) is 30.7 Å². The Bertz CT molecular complexity index is 368. The molecule has 1 aromatic rings. The molecule has 1 rings (SSSR count). The molecule has 0 aromatic carbocycles. The fourth-order valence-electron chi connectivity index (χ4n) is 1.81. The molecule has 0 atom stereocenters. The maximum absolute atomic E-state index is 5.13. The maximum Gasteiger partial charge on any atom is 0.129 e. The molecule has 0 aliphatic carbocycles. The first-order valence-corrected chi connectivity index (χ1v) is 6.82. The van der Waals surface area contributed by atoms with E-state index in [0.29, 0.717) is 6.61 Å². The third-order valence-corrected chi connectivity index (χ3v) is 2.80. The molecule has 0 radical (unpaired) electrons. The fraction of sp³-hybridized carbons (Fsp3) is 0.533. The van der Waals surface area contributed by atoms with Crippen LogP contribution in [0.4, 0.5) is 5.82 Å². The summed E-state index contributed by atoms with van der Waals surface area (Å²) in [5.74, 6) is 0.979. The number of ether oxygens (including phenoxy) is 1. The SMILES string of the molecule is C=CCN(CCOC)c1cc(CNCCC)ccn1. The van der Waals surface area contributed by atoms with Crippen molar-refractivity contribution in [2.24, 2.45) is 0 Å². The summed E-state index contributed by atoms with van der Waals surface area (Å²) < 4.78 is 5.13. The highest BCUT2D eigenvalue weighted by Crippen LogP contribution is 2.12. The van der Waals surface area contributed by atoms with Crippen LogP contribution in [0.1, 0.15) is 18.9 Å². The molecule has 0 spiro atoms. The number of pyridine rings is 1. The zero-order chi connectivity index (χ0) is 13.9. The van der Waals surface area contributed by atoms with Crippen molar-refractivity contribution in [1.82, 2.24) is 10.3 Å². The normalized spacial score (nSPS) is 10.4. The monoisotopic (exact) mass is 263 g/mol. The molecule has 0 aliphatic rings. The van der Waals surface area contributed by atoms with Gasteiger partial charge in [-0.3, -0.25) is 0 Å². The molecular formula is C15H25N3O. The van der Waals surface area contributed by atoms with Gasteiger partial charge in [0.05, 0.1) is 6.61 Å². The predicted octanol–water partition coefficient (Wildman–Crippen LogP) is 2.22. The minimum Gasteiger partial charge on any atom is -0.383 e. The van der Waals surface area contributed by atoms with Gasteiger partial charge in [-0.2, -0.15) is 0 Å². The lowest BCUT2D eigenvalue weighted by atomic mass is 10.2. The van der Waals surface area contributed by atoms with E-state index in [-0.39, 0.29) is 0 Å². The van der Waals surface area contributed by atoms with Crippen LogP contribution in [-0.2, 0) is 11.3 Å². The van der Waals surface area contributed by atoms with E-state index >= 15 is 0 Å².